The maximum atomic E-state index is 12.4. The first-order valence-corrected chi connectivity index (χ1v) is 9.46. The topological polar surface area (TPSA) is 88.9 Å². The lowest BCUT2D eigenvalue weighted by Gasteiger charge is -2.38. The lowest BCUT2D eigenvalue weighted by Crippen LogP contribution is -2.51. The number of carbonyl (C=O) groups excluding carboxylic acids is 2. The molecular formula is C21H24N2O5. The summed E-state index contributed by atoms with van der Waals surface area (Å²) >= 11 is 0. The van der Waals surface area contributed by atoms with E-state index in [1.807, 2.05) is 0 Å². The summed E-state index contributed by atoms with van der Waals surface area (Å²) in [6, 6.07) is 7.64. The minimum absolute atomic E-state index is 0.371. The highest BCUT2D eigenvalue weighted by Crippen LogP contribution is 2.33. The van der Waals surface area contributed by atoms with Crippen LogP contribution in [0.4, 0.5) is 0 Å². The lowest BCUT2D eigenvalue weighted by molar-refractivity contribution is -0.150. The van der Waals surface area contributed by atoms with Gasteiger partial charge in [-0.1, -0.05) is 25.3 Å². The maximum absolute atomic E-state index is 12.4. The predicted molar refractivity (Wildman–Crippen MR) is 102 cm³/mol. The summed E-state index contributed by atoms with van der Waals surface area (Å²) < 4.78 is 16.0. The molecule has 0 aromatic heterocycles. The van der Waals surface area contributed by atoms with Crippen LogP contribution in [0.1, 0.15) is 37.7 Å². The molecule has 0 unspecified atom stereocenters. The number of nitrogens with zero attached hydrogens (tertiary/aromatic N) is 2. The highest BCUT2D eigenvalue weighted by atomic mass is 16.6. The van der Waals surface area contributed by atoms with Gasteiger partial charge < -0.3 is 19.1 Å². The number of hydrogen-bond donors (Lipinski definition) is 0. The highest BCUT2D eigenvalue weighted by molar-refractivity contribution is 5.89. The molecule has 3 rings (SSSR count). The highest BCUT2D eigenvalue weighted by Gasteiger charge is 2.38. The Balaban J connectivity index is 1.53. The van der Waals surface area contributed by atoms with Gasteiger partial charge in [-0.05, 0) is 36.6 Å². The van der Waals surface area contributed by atoms with Crippen molar-refractivity contribution in [3.8, 4) is 17.6 Å². The zero-order valence-corrected chi connectivity index (χ0v) is 16.0. The number of fused-ring (bicyclic) bond motifs is 1. The van der Waals surface area contributed by atoms with E-state index in [0.29, 0.717) is 37.6 Å². The van der Waals surface area contributed by atoms with Crippen LogP contribution in [0.3, 0.4) is 0 Å². The van der Waals surface area contributed by atoms with E-state index < -0.39 is 11.5 Å². The Kier molecular flexibility index (Phi) is 6.19. The molecule has 0 spiro atoms. The van der Waals surface area contributed by atoms with Crippen LogP contribution in [-0.4, -0.2) is 49.2 Å². The molecule has 1 aliphatic heterocycles. The second-order valence-electron chi connectivity index (χ2n) is 7.00. The van der Waals surface area contributed by atoms with Crippen molar-refractivity contribution in [1.29, 1.82) is 5.26 Å². The van der Waals surface area contributed by atoms with E-state index in [2.05, 4.69) is 6.07 Å². The average molecular weight is 384 g/mol. The van der Waals surface area contributed by atoms with Crippen LogP contribution in [-0.2, 0) is 14.3 Å². The van der Waals surface area contributed by atoms with E-state index in [1.54, 1.807) is 31.3 Å². The molecule has 0 bridgehead atoms. The molecule has 0 saturated heterocycles. The zero-order valence-electron chi connectivity index (χ0n) is 16.0. The molecule has 2 aliphatic rings. The van der Waals surface area contributed by atoms with E-state index in [9.17, 15) is 14.9 Å². The summed E-state index contributed by atoms with van der Waals surface area (Å²) in [5, 5.41) is 9.55. The third-order valence-corrected chi connectivity index (χ3v) is 5.22. The maximum Gasteiger partial charge on any atom is 0.331 e. The number of esters is 1. The first-order valence-electron chi connectivity index (χ1n) is 9.46. The first-order chi connectivity index (χ1) is 13.5. The number of rotatable bonds is 5. The van der Waals surface area contributed by atoms with Crippen molar-refractivity contribution in [3.05, 3.63) is 29.8 Å². The van der Waals surface area contributed by atoms with Crippen molar-refractivity contribution >= 4 is 18.0 Å². The number of ether oxygens (including phenoxy) is 3. The Morgan fingerprint density at radius 1 is 1.21 bits per heavy atom. The van der Waals surface area contributed by atoms with Gasteiger partial charge in [0.2, 0.25) is 0 Å². The van der Waals surface area contributed by atoms with Gasteiger partial charge in [0.15, 0.2) is 18.1 Å². The predicted octanol–water partition coefficient (Wildman–Crippen LogP) is 2.70. The van der Waals surface area contributed by atoms with Crippen LogP contribution in [0, 0.1) is 11.3 Å². The van der Waals surface area contributed by atoms with Crippen LogP contribution in [0.25, 0.3) is 6.08 Å². The Bertz CT molecular complexity index is 806. The minimum Gasteiger partial charge on any atom is -0.486 e. The molecule has 0 radical (unpaired) electrons. The lowest BCUT2D eigenvalue weighted by atomic mass is 9.81. The van der Waals surface area contributed by atoms with E-state index in [-0.39, 0.29) is 12.5 Å². The van der Waals surface area contributed by atoms with Crippen molar-refractivity contribution < 1.29 is 23.8 Å². The summed E-state index contributed by atoms with van der Waals surface area (Å²) in [5.41, 5.74) is -0.0294. The molecule has 1 amide bonds. The second-order valence-corrected chi connectivity index (χ2v) is 7.00. The summed E-state index contributed by atoms with van der Waals surface area (Å²) in [4.78, 5) is 25.8. The molecular weight excluding hydrogens is 360 g/mol. The molecule has 28 heavy (non-hydrogen) atoms. The molecule has 7 nitrogen and oxygen atoms in total. The molecule has 1 heterocycles. The van der Waals surface area contributed by atoms with Crippen molar-refractivity contribution in [1.82, 2.24) is 4.90 Å². The van der Waals surface area contributed by atoms with Crippen LogP contribution in [0.5, 0.6) is 11.5 Å². The van der Waals surface area contributed by atoms with Gasteiger partial charge in [-0.25, -0.2) is 4.79 Å². The Morgan fingerprint density at radius 3 is 2.64 bits per heavy atom. The molecule has 0 N–H and O–H groups in total. The van der Waals surface area contributed by atoms with Crippen LogP contribution < -0.4 is 9.47 Å². The van der Waals surface area contributed by atoms with Crippen LogP contribution in [0.2, 0.25) is 0 Å². The van der Waals surface area contributed by atoms with E-state index in [4.69, 9.17) is 14.2 Å². The largest absolute Gasteiger partial charge is 0.486 e. The Labute approximate surface area is 164 Å². The Hall–Kier alpha value is -3.01. The molecule has 7 heteroatoms. The summed E-state index contributed by atoms with van der Waals surface area (Å²) in [6.45, 7) is 0.621. The van der Waals surface area contributed by atoms with Crippen LogP contribution >= 0.6 is 0 Å². The Morgan fingerprint density at radius 2 is 1.93 bits per heavy atom. The van der Waals surface area contributed by atoms with Gasteiger partial charge in [0.1, 0.15) is 18.8 Å². The fraction of sp³-hybridized carbons (Fsp3) is 0.476. The number of nitriles is 1. The number of amides is 1. The standard InChI is InChI=1S/C21H24N2O5/c1-23(21(15-22)9-3-2-4-10-21)19(24)14-28-20(25)8-6-16-5-7-17-18(13-16)27-12-11-26-17/h5-8,13H,2-4,9-12,14H2,1H3/b8-6+. The van der Waals surface area contributed by atoms with Gasteiger partial charge in [0.05, 0.1) is 6.07 Å². The molecule has 1 saturated carbocycles. The van der Waals surface area contributed by atoms with Gasteiger partial charge in [-0.2, -0.15) is 5.26 Å². The molecule has 1 fully saturated rings. The fourth-order valence-electron chi connectivity index (χ4n) is 3.50. The first kappa shape index (κ1) is 19.7. The quantitative estimate of drug-likeness (QED) is 0.573. The van der Waals surface area contributed by atoms with Gasteiger partial charge in [0.25, 0.3) is 5.91 Å². The van der Waals surface area contributed by atoms with Crippen molar-refractivity contribution in [2.24, 2.45) is 0 Å². The van der Waals surface area contributed by atoms with Gasteiger partial charge in [-0.15, -0.1) is 0 Å². The minimum atomic E-state index is -0.789. The van der Waals surface area contributed by atoms with Crippen LogP contribution in [0.15, 0.2) is 24.3 Å². The summed E-state index contributed by atoms with van der Waals surface area (Å²) in [6.07, 6.45) is 7.08. The van der Waals surface area contributed by atoms with Crippen molar-refractivity contribution in [3.63, 3.8) is 0 Å². The van der Waals surface area contributed by atoms with E-state index >= 15 is 0 Å². The number of likely N-dealkylation sites (N-methyl/N-ethyl adjacent to an activating group) is 1. The number of hydrogen-bond acceptors (Lipinski definition) is 6. The number of benzene rings is 1. The molecule has 148 valence electrons. The average Bonchev–Trinajstić information content (AvgIpc) is 2.75. The molecule has 1 aliphatic carbocycles. The summed E-state index contributed by atoms with van der Waals surface area (Å²) in [5.74, 6) is 0.317. The smallest absolute Gasteiger partial charge is 0.331 e. The molecule has 0 atom stereocenters. The third-order valence-electron chi connectivity index (χ3n) is 5.22. The second kappa shape index (κ2) is 8.79. The zero-order chi connectivity index (χ0) is 20.0. The normalized spacial score (nSPS) is 17.6. The molecule has 1 aromatic carbocycles. The van der Waals surface area contributed by atoms with Crippen molar-refractivity contribution in [2.45, 2.75) is 37.6 Å². The summed E-state index contributed by atoms with van der Waals surface area (Å²) in [7, 11) is 1.61. The molecule has 1 aromatic rings. The number of carbonyl (C=O) groups is 2. The van der Waals surface area contributed by atoms with Gasteiger partial charge >= 0.3 is 5.97 Å². The SMILES string of the molecule is CN(C(=O)COC(=O)/C=C/c1ccc2c(c1)OCCO2)C1(C#N)CCCCC1. The fourth-order valence-corrected chi connectivity index (χ4v) is 3.50. The van der Waals surface area contributed by atoms with E-state index in [0.717, 1.165) is 24.8 Å². The third kappa shape index (κ3) is 4.45. The van der Waals surface area contributed by atoms with E-state index in [1.165, 1.54) is 11.0 Å². The van der Waals surface area contributed by atoms with Gasteiger partial charge in [-0.3, -0.25) is 4.79 Å². The van der Waals surface area contributed by atoms with Gasteiger partial charge in [0, 0.05) is 13.1 Å². The van der Waals surface area contributed by atoms with Crippen molar-refractivity contribution in [2.75, 3.05) is 26.9 Å². The monoisotopic (exact) mass is 384 g/mol.